The van der Waals surface area contributed by atoms with Crippen LogP contribution in [0, 0.1) is 6.92 Å². The lowest BCUT2D eigenvalue weighted by Gasteiger charge is -2.29. The monoisotopic (exact) mass is 512 g/mol. The van der Waals surface area contributed by atoms with Crippen LogP contribution in [0.15, 0.2) is 59.1 Å². The zero-order valence-electron chi connectivity index (χ0n) is 18.7. The Labute approximate surface area is 204 Å². The predicted octanol–water partition coefficient (Wildman–Crippen LogP) is 7.02. The van der Waals surface area contributed by atoms with Gasteiger partial charge in [0.15, 0.2) is 0 Å². The summed E-state index contributed by atoms with van der Waals surface area (Å²) in [5, 5.41) is 4.46. The smallest absolute Gasteiger partial charge is 0.134 e. The van der Waals surface area contributed by atoms with E-state index in [1.54, 1.807) is 0 Å². The van der Waals surface area contributed by atoms with Gasteiger partial charge in [-0.25, -0.2) is 9.97 Å². The Bertz CT molecular complexity index is 1030. The summed E-state index contributed by atoms with van der Waals surface area (Å²) in [5.74, 6) is 2.99. The summed E-state index contributed by atoms with van der Waals surface area (Å²) in [6, 6.07) is 19.0. The van der Waals surface area contributed by atoms with E-state index in [0.29, 0.717) is 0 Å². The maximum atomic E-state index is 6.11. The fourth-order valence-corrected chi connectivity index (χ4v) is 4.98. The van der Waals surface area contributed by atoms with Crippen molar-refractivity contribution in [3.05, 3.63) is 81.0 Å². The molecule has 4 nitrogen and oxygen atoms in total. The maximum Gasteiger partial charge on any atom is 0.134 e. The average molecular weight is 514 g/mol. The van der Waals surface area contributed by atoms with E-state index in [0.717, 1.165) is 46.5 Å². The summed E-state index contributed by atoms with van der Waals surface area (Å²) >= 11 is 9.75. The van der Waals surface area contributed by atoms with Crippen LogP contribution in [0.4, 0.5) is 11.6 Å². The van der Waals surface area contributed by atoms with E-state index in [2.05, 4.69) is 75.5 Å². The largest absolute Gasteiger partial charge is 0.367 e. The molecule has 0 saturated carbocycles. The normalized spacial score (nSPS) is 15.9. The highest BCUT2D eigenvalue weighted by Crippen LogP contribution is 2.30. The number of rotatable bonds is 7. The third-order valence-corrected chi connectivity index (χ3v) is 6.87. The predicted molar refractivity (Wildman–Crippen MR) is 138 cm³/mol. The maximum absolute atomic E-state index is 6.11. The van der Waals surface area contributed by atoms with Crippen molar-refractivity contribution in [3.8, 4) is 0 Å². The van der Waals surface area contributed by atoms with Crippen molar-refractivity contribution in [2.24, 2.45) is 0 Å². The number of nitrogens with zero attached hydrogens (tertiary/aromatic N) is 3. The molecular formula is C26H30BrClN4. The third kappa shape index (κ3) is 6.02. The highest BCUT2D eigenvalue weighted by atomic mass is 79.9. The number of anilines is 2. The lowest BCUT2D eigenvalue weighted by Crippen LogP contribution is -2.31. The van der Waals surface area contributed by atoms with Crippen molar-refractivity contribution in [3.63, 3.8) is 0 Å². The van der Waals surface area contributed by atoms with E-state index in [1.165, 1.54) is 30.4 Å². The van der Waals surface area contributed by atoms with Crippen molar-refractivity contribution < 1.29 is 0 Å². The second-order valence-corrected chi connectivity index (χ2v) is 9.98. The molecule has 2 aromatic carbocycles. The van der Waals surface area contributed by atoms with E-state index >= 15 is 0 Å². The van der Waals surface area contributed by atoms with Crippen molar-refractivity contribution in [1.29, 1.82) is 0 Å². The molecule has 0 radical (unpaired) electrons. The van der Waals surface area contributed by atoms with Gasteiger partial charge in [-0.1, -0.05) is 51.8 Å². The molecule has 1 N–H and O–H groups in total. The summed E-state index contributed by atoms with van der Waals surface area (Å²) < 4.78 is 1.09. The van der Waals surface area contributed by atoms with Crippen LogP contribution in [0.3, 0.4) is 0 Å². The number of halogens is 2. The quantitative estimate of drug-likeness (QED) is 0.369. The zero-order chi connectivity index (χ0) is 22.5. The first kappa shape index (κ1) is 23.1. The number of hydrogen-bond acceptors (Lipinski definition) is 4. The summed E-state index contributed by atoms with van der Waals surface area (Å²) in [6.07, 6.45) is 4.68. The first-order valence-corrected chi connectivity index (χ1v) is 12.5. The molecule has 0 unspecified atom stereocenters. The van der Waals surface area contributed by atoms with E-state index in [-0.39, 0.29) is 12.0 Å². The molecule has 1 aliphatic rings. The minimum atomic E-state index is 0.170. The van der Waals surface area contributed by atoms with Crippen LogP contribution in [-0.2, 0) is 6.42 Å². The number of aryl methyl sites for hydroxylation is 1. The molecule has 1 fully saturated rings. The number of benzene rings is 2. The van der Waals surface area contributed by atoms with Crippen molar-refractivity contribution >= 4 is 39.2 Å². The molecule has 0 amide bonds. The van der Waals surface area contributed by atoms with Gasteiger partial charge in [-0.2, -0.15) is 0 Å². The van der Waals surface area contributed by atoms with Gasteiger partial charge in [0, 0.05) is 40.6 Å². The second-order valence-electron chi connectivity index (χ2n) is 8.63. The van der Waals surface area contributed by atoms with Crippen LogP contribution in [0.25, 0.3) is 0 Å². The molecule has 0 bridgehead atoms. The van der Waals surface area contributed by atoms with Crippen molar-refractivity contribution in [2.45, 2.75) is 51.5 Å². The van der Waals surface area contributed by atoms with Gasteiger partial charge >= 0.3 is 0 Å². The van der Waals surface area contributed by atoms with Gasteiger partial charge in [0.25, 0.3) is 0 Å². The molecule has 1 aliphatic heterocycles. The molecule has 0 spiro atoms. The van der Waals surface area contributed by atoms with E-state index in [4.69, 9.17) is 21.6 Å². The topological polar surface area (TPSA) is 41.1 Å². The van der Waals surface area contributed by atoms with Gasteiger partial charge in [-0.15, -0.1) is 0 Å². The van der Waals surface area contributed by atoms with Gasteiger partial charge in [-0.3, -0.25) is 0 Å². The Hall–Kier alpha value is -2.11. The second kappa shape index (κ2) is 10.7. The molecule has 4 rings (SSSR count). The minimum Gasteiger partial charge on any atom is -0.367 e. The molecule has 3 aromatic rings. The average Bonchev–Trinajstić information content (AvgIpc) is 2.79. The highest BCUT2D eigenvalue weighted by molar-refractivity contribution is 9.10. The fraction of sp³-hybridized carbons (Fsp3) is 0.385. The number of hydrogen-bond donors (Lipinski definition) is 1. The number of nitrogens with one attached hydrogen (secondary N) is 1. The summed E-state index contributed by atoms with van der Waals surface area (Å²) in [7, 11) is 0. The summed E-state index contributed by atoms with van der Waals surface area (Å²) in [6.45, 7) is 6.35. The molecule has 1 saturated heterocycles. The Kier molecular flexibility index (Phi) is 7.69. The van der Waals surface area contributed by atoms with Crippen molar-refractivity contribution in [2.75, 3.05) is 23.3 Å². The lowest BCUT2D eigenvalue weighted by atomic mass is 9.86. The Balaban J connectivity index is 1.58. The fourth-order valence-electron chi connectivity index (χ4n) is 4.44. The standard InChI is InChI=1S/C26H30BrClN4/c1-18(29-25-17-26(31-19(2)30-25)32-13-4-3-5-14-32)24(21-7-6-8-22(27)16-21)15-20-9-11-23(28)12-10-20/h6-12,16-18,24H,3-5,13-15H2,1-2H3,(H,29,30,31)/t18-,24+/m0/s1. The Morgan fingerprint density at radius 3 is 2.50 bits per heavy atom. The van der Waals surface area contributed by atoms with Crippen LogP contribution in [0.1, 0.15) is 49.1 Å². The lowest BCUT2D eigenvalue weighted by molar-refractivity contribution is 0.571. The Morgan fingerprint density at radius 2 is 1.78 bits per heavy atom. The highest BCUT2D eigenvalue weighted by Gasteiger charge is 2.22. The molecule has 2 heterocycles. The van der Waals surface area contributed by atoms with Gasteiger partial charge in [0.2, 0.25) is 0 Å². The molecule has 1 aromatic heterocycles. The summed E-state index contributed by atoms with van der Waals surface area (Å²) in [4.78, 5) is 11.8. The van der Waals surface area contributed by atoms with Crippen LogP contribution in [0.2, 0.25) is 5.02 Å². The molecule has 6 heteroatoms. The Morgan fingerprint density at radius 1 is 1.03 bits per heavy atom. The van der Waals surface area contributed by atoms with Gasteiger partial charge in [0.1, 0.15) is 17.5 Å². The first-order valence-electron chi connectivity index (χ1n) is 11.3. The van der Waals surface area contributed by atoms with Gasteiger partial charge < -0.3 is 10.2 Å². The SMILES string of the molecule is Cc1nc(N[C@@H](C)[C@@H](Cc2ccc(Cl)cc2)c2cccc(Br)c2)cc(N2CCCCC2)n1. The molecule has 168 valence electrons. The molecule has 0 aliphatic carbocycles. The number of piperidine rings is 1. The van der Waals surface area contributed by atoms with E-state index in [9.17, 15) is 0 Å². The number of aromatic nitrogens is 2. The van der Waals surface area contributed by atoms with Crippen LogP contribution < -0.4 is 10.2 Å². The van der Waals surface area contributed by atoms with Crippen LogP contribution in [-0.4, -0.2) is 29.1 Å². The molecule has 2 atom stereocenters. The molecule has 32 heavy (non-hydrogen) atoms. The first-order chi connectivity index (χ1) is 15.5. The van der Waals surface area contributed by atoms with E-state index < -0.39 is 0 Å². The van der Waals surface area contributed by atoms with Gasteiger partial charge in [-0.05, 0) is 74.9 Å². The van der Waals surface area contributed by atoms with Gasteiger partial charge in [0.05, 0.1) is 0 Å². The van der Waals surface area contributed by atoms with E-state index in [1.807, 2.05) is 19.1 Å². The molecular weight excluding hydrogens is 484 g/mol. The zero-order valence-corrected chi connectivity index (χ0v) is 21.0. The van der Waals surface area contributed by atoms with Crippen LogP contribution in [0.5, 0.6) is 0 Å². The minimum absolute atomic E-state index is 0.170. The van der Waals surface area contributed by atoms with Crippen LogP contribution >= 0.6 is 27.5 Å². The third-order valence-electron chi connectivity index (χ3n) is 6.13. The van der Waals surface area contributed by atoms with Crippen molar-refractivity contribution in [1.82, 2.24) is 9.97 Å². The summed E-state index contributed by atoms with van der Waals surface area (Å²) in [5.41, 5.74) is 2.55.